The summed E-state index contributed by atoms with van der Waals surface area (Å²) in [6, 6.07) is 4.80. The Morgan fingerprint density at radius 3 is 2.94 bits per heavy atom. The van der Waals surface area contributed by atoms with Gasteiger partial charge in [0.2, 0.25) is 0 Å². The molecule has 2 heterocycles. The van der Waals surface area contributed by atoms with Crippen molar-refractivity contribution in [3.05, 3.63) is 29.6 Å². The average Bonchev–Trinajstić information content (AvgIpc) is 2.91. The first-order valence-corrected chi connectivity index (χ1v) is 7.04. The Kier molecular flexibility index (Phi) is 5.14. The van der Waals surface area contributed by atoms with E-state index in [0.29, 0.717) is 12.1 Å². The average molecular weight is 248 g/mol. The molecule has 0 bridgehead atoms. The van der Waals surface area contributed by atoms with Gasteiger partial charge in [-0.1, -0.05) is 13.0 Å². The molecular weight excluding hydrogens is 224 g/mol. The summed E-state index contributed by atoms with van der Waals surface area (Å²) in [5.41, 5.74) is 2.48. The lowest BCUT2D eigenvalue weighted by Crippen LogP contribution is -2.32. The quantitative estimate of drug-likeness (QED) is 0.839. The highest BCUT2D eigenvalue weighted by Gasteiger charge is 2.20. The highest BCUT2D eigenvalue weighted by atomic mass is 16.5. The van der Waals surface area contributed by atoms with E-state index >= 15 is 0 Å². The van der Waals surface area contributed by atoms with Crippen LogP contribution < -0.4 is 5.32 Å². The number of ether oxygens (including phenoxy) is 1. The zero-order chi connectivity index (χ0) is 12.8. The normalized spacial score (nSPS) is 21.1. The van der Waals surface area contributed by atoms with E-state index in [2.05, 4.69) is 29.4 Å². The van der Waals surface area contributed by atoms with Crippen molar-refractivity contribution in [2.45, 2.75) is 51.2 Å². The van der Waals surface area contributed by atoms with Gasteiger partial charge in [0.05, 0.1) is 6.10 Å². The lowest BCUT2D eigenvalue weighted by Gasteiger charge is -2.19. The maximum atomic E-state index is 5.70. The molecule has 0 saturated carbocycles. The molecule has 1 aromatic rings. The Hall–Kier alpha value is -0.930. The van der Waals surface area contributed by atoms with Crippen molar-refractivity contribution in [2.75, 3.05) is 13.7 Å². The number of nitrogens with one attached hydrogen (secondary N) is 1. The topological polar surface area (TPSA) is 34.1 Å². The number of hydrogen-bond acceptors (Lipinski definition) is 3. The lowest BCUT2D eigenvalue weighted by atomic mass is 10.0. The number of aromatic nitrogens is 1. The maximum Gasteiger partial charge on any atom is 0.0590 e. The van der Waals surface area contributed by atoms with Gasteiger partial charge in [0.1, 0.15) is 0 Å². The summed E-state index contributed by atoms with van der Waals surface area (Å²) >= 11 is 0. The van der Waals surface area contributed by atoms with Crippen LogP contribution in [0.1, 0.15) is 37.4 Å². The Balaban J connectivity index is 1.87. The van der Waals surface area contributed by atoms with Crippen LogP contribution in [0.5, 0.6) is 0 Å². The fourth-order valence-corrected chi connectivity index (χ4v) is 2.49. The van der Waals surface area contributed by atoms with Gasteiger partial charge in [0, 0.05) is 31.0 Å². The molecule has 2 rings (SSSR count). The predicted octanol–water partition coefficient (Wildman–Crippen LogP) is 2.34. The monoisotopic (exact) mass is 248 g/mol. The molecule has 1 N–H and O–H groups in total. The van der Waals surface area contributed by atoms with Gasteiger partial charge >= 0.3 is 0 Å². The molecule has 1 aliphatic rings. The number of pyridine rings is 1. The van der Waals surface area contributed by atoms with Gasteiger partial charge in [-0.2, -0.15) is 0 Å². The Bertz CT molecular complexity index is 344. The van der Waals surface area contributed by atoms with Crippen molar-refractivity contribution in [3.63, 3.8) is 0 Å². The summed E-state index contributed by atoms with van der Waals surface area (Å²) < 4.78 is 5.70. The van der Waals surface area contributed by atoms with Crippen LogP contribution in [0.4, 0.5) is 0 Å². The molecule has 2 atom stereocenters. The standard InChI is InChI=1S/C15H24N2O/c1-3-12-6-7-13(17-11-12)9-14(16-2)10-15-5-4-8-18-15/h6-7,11,14-16H,3-5,8-10H2,1-2H3. The van der Waals surface area contributed by atoms with Crippen LogP contribution in [-0.2, 0) is 17.6 Å². The molecule has 0 spiro atoms. The molecule has 0 aromatic carbocycles. The van der Waals surface area contributed by atoms with Crippen molar-refractivity contribution >= 4 is 0 Å². The van der Waals surface area contributed by atoms with Gasteiger partial charge in [-0.25, -0.2) is 0 Å². The number of hydrogen-bond donors (Lipinski definition) is 1. The van der Waals surface area contributed by atoms with E-state index in [1.54, 1.807) is 0 Å². The summed E-state index contributed by atoms with van der Waals surface area (Å²) in [7, 11) is 2.03. The minimum absolute atomic E-state index is 0.442. The fourth-order valence-electron chi connectivity index (χ4n) is 2.49. The molecule has 3 heteroatoms. The van der Waals surface area contributed by atoms with Crippen LogP contribution in [0.2, 0.25) is 0 Å². The van der Waals surface area contributed by atoms with E-state index in [-0.39, 0.29) is 0 Å². The molecule has 2 unspecified atom stereocenters. The molecule has 0 radical (unpaired) electrons. The van der Waals surface area contributed by atoms with Crippen LogP contribution in [-0.4, -0.2) is 30.8 Å². The van der Waals surface area contributed by atoms with Gasteiger partial charge in [0.15, 0.2) is 0 Å². The second-order valence-corrected chi connectivity index (χ2v) is 5.07. The van der Waals surface area contributed by atoms with Crippen LogP contribution in [0.3, 0.4) is 0 Å². The molecule has 0 aliphatic carbocycles. The predicted molar refractivity (Wildman–Crippen MR) is 73.8 cm³/mol. The van der Waals surface area contributed by atoms with E-state index in [4.69, 9.17) is 4.74 Å². The van der Waals surface area contributed by atoms with Crippen LogP contribution >= 0.6 is 0 Å². The zero-order valence-corrected chi connectivity index (χ0v) is 11.5. The third-order valence-corrected chi connectivity index (χ3v) is 3.73. The van der Waals surface area contributed by atoms with Crippen molar-refractivity contribution in [1.82, 2.24) is 10.3 Å². The molecule has 18 heavy (non-hydrogen) atoms. The summed E-state index contributed by atoms with van der Waals surface area (Å²) in [5, 5.41) is 3.39. The zero-order valence-electron chi connectivity index (χ0n) is 11.5. The molecule has 0 amide bonds. The molecule has 1 saturated heterocycles. The number of aryl methyl sites for hydroxylation is 1. The highest BCUT2D eigenvalue weighted by Crippen LogP contribution is 2.18. The smallest absolute Gasteiger partial charge is 0.0590 e. The minimum Gasteiger partial charge on any atom is -0.378 e. The largest absolute Gasteiger partial charge is 0.378 e. The third kappa shape index (κ3) is 3.79. The van der Waals surface area contributed by atoms with Crippen LogP contribution in [0.15, 0.2) is 18.3 Å². The van der Waals surface area contributed by atoms with Gasteiger partial charge < -0.3 is 10.1 Å². The van der Waals surface area contributed by atoms with Crippen LogP contribution in [0.25, 0.3) is 0 Å². The first kappa shape index (κ1) is 13.5. The van der Waals surface area contributed by atoms with E-state index in [1.165, 1.54) is 24.1 Å². The van der Waals surface area contributed by atoms with Crippen molar-refractivity contribution in [1.29, 1.82) is 0 Å². The van der Waals surface area contributed by atoms with Crippen LogP contribution in [0, 0.1) is 0 Å². The third-order valence-electron chi connectivity index (χ3n) is 3.73. The fraction of sp³-hybridized carbons (Fsp3) is 0.667. The lowest BCUT2D eigenvalue weighted by molar-refractivity contribution is 0.0953. The van der Waals surface area contributed by atoms with E-state index in [0.717, 1.165) is 25.9 Å². The van der Waals surface area contributed by atoms with Gasteiger partial charge in [-0.15, -0.1) is 0 Å². The van der Waals surface area contributed by atoms with E-state index < -0.39 is 0 Å². The molecule has 100 valence electrons. The minimum atomic E-state index is 0.442. The maximum absolute atomic E-state index is 5.70. The first-order chi connectivity index (χ1) is 8.81. The highest BCUT2D eigenvalue weighted by molar-refractivity contribution is 5.14. The summed E-state index contributed by atoms with van der Waals surface area (Å²) in [6.45, 7) is 3.09. The summed E-state index contributed by atoms with van der Waals surface area (Å²) in [4.78, 5) is 4.53. The summed E-state index contributed by atoms with van der Waals surface area (Å²) in [5.74, 6) is 0. The Morgan fingerprint density at radius 2 is 2.39 bits per heavy atom. The van der Waals surface area contributed by atoms with Gasteiger partial charge in [-0.05, 0) is 44.4 Å². The second kappa shape index (κ2) is 6.86. The van der Waals surface area contributed by atoms with Crippen molar-refractivity contribution < 1.29 is 4.74 Å². The molecule has 1 aliphatic heterocycles. The SMILES string of the molecule is CCc1ccc(CC(CC2CCCO2)NC)nc1. The number of rotatable bonds is 6. The first-order valence-electron chi connectivity index (χ1n) is 7.04. The summed E-state index contributed by atoms with van der Waals surface area (Å²) in [6.07, 6.45) is 7.99. The van der Waals surface area contributed by atoms with E-state index in [1.807, 2.05) is 13.2 Å². The Morgan fingerprint density at radius 1 is 1.50 bits per heavy atom. The molecule has 1 aromatic heterocycles. The van der Waals surface area contributed by atoms with Crippen molar-refractivity contribution in [3.8, 4) is 0 Å². The second-order valence-electron chi connectivity index (χ2n) is 5.07. The Labute approximate surface area is 110 Å². The number of likely N-dealkylation sites (N-methyl/N-ethyl adjacent to an activating group) is 1. The van der Waals surface area contributed by atoms with Crippen molar-refractivity contribution in [2.24, 2.45) is 0 Å². The molecule has 3 nitrogen and oxygen atoms in total. The van der Waals surface area contributed by atoms with Gasteiger partial charge in [-0.3, -0.25) is 4.98 Å². The number of nitrogens with zero attached hydrogens (tertiary/aromatic N) is 1. The van der Waals surface area contributed by atoms with Gasteiger partial charge in [0.25, 0.3) is 0 Å². The van der Waals surface area contributed by atoms with E-state index in [9.17, 15) is 0 Å². The molecule has 1 fully saturated rings. The molecular formula is C15H24N2O.